The third-order valence-corrected chi connectivity index (χ3v) is 4.19. The molecule has 6 heteroatoms. The Bertz CT molecular complexity index is 820. The molecule has 1 aromatic heterocycles. The van der Waals surface area contributed by atoms with Gasteiger partial charge < -0.3 is 14.5 Å². The molecule has 0 radical (unpaired) electrons. The van der Waals surface area contributed by atoms with Crippen molar-refractivity contribution < 1.29 is 9.15 Å². The lowest BCUT2D eigenvalue weighted by Gasteiger charge is -2.08. The number of aromatic nitrogens is 1. The zero-order valence-electron chi connectivity index (χ0n) is 12.3. The van der Waals surface area contributed by atoms with Crippen molar-refractivity contribution in [2.75, 3.05) is 12.4 Å². The quantitative estimate of drug-likeness (QED) is 0.632. The summed E-state index contributed by atoms with van der Waals surface area (Å²) in [6.45, 7) is 0.465. The highest BCUT2D eigenvalue weighted by Gasteiger charge is 2.08. The van der Waals surface area contributed by atoms with Crippen LogP contribution in [0.1, 0.15) is 5.89 Å². The second kappa shape index (κ2) is 7.06. The highest BCUT2D eigenvalue weighted by molar-refractivity contribution is 9.10. The van der Waals surface area contributed by atoms with E-state index in [0.29, 0.717) is 23.2 Å². The van der Waals surface area contributed by atoms with E-state index in [2.05, 4.69) is 26.2 Å². The van der Waals surface area contributed by atoms with Crippen LogP contribution in [0.25, 0.3) is 11.3 Å². The maximum absolute atomic E-state index is 6.00. The maximum Gasteiger partial charge on any atom is 0.214 e. The lowest BCUT2D eigenvalue weighted by Crippen LogP contribution is -2.00. The van der Waals surface area contributed by atoms with E-state index in [-0.39, 0.29) is 0 Å². The topological polar surface area (TPSA) is 47.3 Å². The summed E-state index contributed by atoms with van der Waals surface area (Å²) in [5.41, 5.74) is 1.81. The Morgan fingerprint density at radius 2 is 2.13 bits per heavy atom. The second-order valence-electron chi connectivity index (χ2n) is 4.83. The average molecular weight is 394 g/mol. The zero-order chi connectivity index (χ0) is 16.2. The largest absolute Gasteiger partial charge is 0.497 e. The van der Waals surface area contributed by atoms with Crippen LogP contribution in [0.4, 0.5) is 5.69 Å². The molecule has 0 fully saturated rings. The van der Waals surface area contributed by atoms with E-state index in [1.54, 1.807) is 13.3 Å². The van der Waals surface area contributed by atoms with Gasteiger partial charge in [0.15, 0.2) is 5.76 Å². The van der Waals surface area contributed by atoms with Crippen LogP contribution in [0.15, 0.2) is 57.6 Å². The smallest absolute Gasteiger partial charge is 0.214 e. The van der Waals surface area contributed by atoms with Crippen molar-refractivity contribution in [1.29, 1.82) is 0 Å². The lowest BCUT2D eigenvalue weighted by atomic mass is 10.2. The molecule has 0 aliphatic carbocycles. The van der Waals surface area contributed by atoms with Gasteiger partial charge in [0.05, 0.1) is 25.5 Å². The number of anilines is 1. The molecule has 0 aliphatic heterocycles. The number of methoxy groups -OCH3 is 1. The van der Waals surface area contributed by atoms with Crippen LogP contribution in [0.2, 0.25) is 5.02 Å². The van der Waals surface area contributed by atoms with Gasteiger partial charge in [0.2, 0.25) is 5.89 Å². The molecule has 118 valence electrons. The molecule has 3 rings (SSSR count). The Morgan fingerprint density at radius 1 is 1.26 bits per heavy atom. The standard InChI is InChI=1S/C17H14BrClN2O2/c1-22-13-5-6-14(18)15(8-13)20-10-17-21-9-16(23-17)11-3-2-4-12(19)7-11/h2-9,20H,10H2,1H3. The van der Waals surface area contributed by atoms with Crippen LogP contribution in [-0.4, -0.2) is 12.1 Å². The number of oxazole rings is 1. The van der Waals surface area contributed by atoms with Gasteiger partial charge in [0, 0.05) is 21.1 Å². The van der Waals surface area contributed by atoms with Gasteiger partial charge in [-0.3, -0.25) is 0 Å². The minimum atomic E-state index is 0.465. The summed E-state index contributed by atoms with van der Waals surface area (Å²) >= 11 is 9.50. The van der Waals surface area contributed by atoms with Gasteiger partial charge >= 0.3 is 0 Å². The van der Waals surface area contributed by atoms with Crippen LogP contribution in [0.5, 0.6) is 5.75 Å². The van der Waals surface area contributed by atoms with Crippen molar-refractivity contribution in [3.05, 3.63) is 64.0 Å². The molecule has 0 aliphatic rings. The minimum Gasteiger partial charge on any atom is -0.497 e. The molecule has 0 saturated heterocycles. The third-order valence-electron chi connectivity index (χ3n) is 3.27. The summed E-state index contributed by atoms with van der Waals surface area (Å²) in [4.78, 5) is 4.29. The Morgan fingerprint density at radius 3 is 2.91 bits per heavy atom. The summed E-state index contributed by atoms with van der Waals surface area (Å²) < 4.78 is 11.9. The molecule has 4 nitrogen and oxygen atoms in total. The molecule has 0 bridgehead atoms. The van der Waals surface area contributed by atoms with Crippen LogP contribution in [-0.2, 0) is 6.54 Å². The van der Waals surface area contributed by atoms with Crippen LogP contribution in [0.3, 0.4) is 0 Å². The molecule has 2 aromatic carbocycles. The molecule has 0 amide bonds. The van der Waals surface area contributed by atoms with E-state index in [9.17, 15) is 0 Å². The molecule has 0 atom stereocenters. The van der Waals surface area contributed by atoms with Crippen molar-refractivity contribution in [3.8, 4) is 17.1 Å². The number of ether oxygens (including phenoxy) is 1. The average Bonchev–Trinajstić information content (AvgIpc) is 3.03. The van der Waals surface area contributed by atoms with Crippen molar-refractivity contribution in [1.82, 2.24) is 4.98 Å². The number of halogens is 2. The molecule has 1 heterocycles. The van der Waals surface area contributed by atoms with Gasteiger partial charge in [-0.15, -0.1) is 0 Å². The second-order valence-corrected chi connectivity index (χ2v) is 6.12. The predicted octanol–water partition coefficient (Wildman–Crippen LogP) is 5.38. The molecule has 3 aromatic rings. The molecular weight excluding hydrogens is 380 g/mol. The molecule has 0 spiro atoms. The van der Waals surface area contributed by atoms with E-state index in [1.807, 2.05) is 42.5 Å². The zero-order valence-corrected chi connectivity index (χ0v) is 14.7. The van der Waals surface area contributed by atoms with Gasteiger partial charge in [0.25, 0.3) is 0 Å². The number of benzene rings is 2. The fraction of sp³-hybridized carbons (Fsp3) is 0.118. The van der Waals surface area contributed by atoms with E-state index >= 15 is 0 Å². The Hall–Kier alpha value is -1.98. The summed E-state index contributed by atoms with van der Waals surface area (Å²) in [6.07, 6.45) is 1.70. The summed E-state index contributed by atoms with van der Waals surface area (Å²) in [5, 5.41) is 3.94. The fourth-order valence-corrected chi connectivity index (χ4v) is 2.68. The highest BCUT2D eigenvalue weighted by atomic mass is 79.9. The van der Waals surface area contributed by atoms with Gasteiger partial charge in [-0.25, -0.2) is 4.98 Å². The Kier molecular flexibility index (Phi) is 4.88. The first-order valence-electron chi connectivity index (χ1n) is 6.94. The van der Waals surface area contributed by atoms with Gasteiger partial charge in [-0.05, 0) is 40.2 Å². The molecule has 23 heavy (non-hydrogen) atoms. The number of hydrogen-bond donors (Lipinski definition) is 1. The first kappa shape index (κ1) is 15.9. The van der Waals surface area contributed by atoms with Gasteiger partial charge in [-0.2, -0.15) is 0 Å². The number of rotatable bonds is 5. The fourth-order valence-electron chi connectivity index (χ4n) is 2.10. The third kappa shape index (κ3) is 3.86. The van der Waals surface area contributed by atoms with Crippen molar-refractivity contribution in [2.24, 2.45) is 0 Å². The SMILES string of the molecule is COc1ccc(Br)c(NCc2ncc(-c3cccc(Cl)c3)o2)c1. The number of nitrogens with one attached hydrogen (secondary N) is 1. The van der Waals surface area contributed by atoms with E-state index in [4.69, 9.17) is 20.8 Å². The highest BCUT2D eigenvalue weighted by Crippen LogP contribution is 2.28. The van der Waals surface area contributed by atoms with E-state index in [1.165, 1.54) is 0 Å². The minimum absolute atomic E-state index is 0.465. The monoisotopic (exact) mass is 392 g/mol. The molecule has 0 unspecified atom stereocenters. The van der Waals surface area contributed by atoms with E-state index < -0.39 is 0 Å². The van der Waals surface area contributed by atoms with E-state index in [0.717, 1.165) is 21.5 Å². The molecule has 1 N–H and O–H groups in total. The van der Waals surface area contributed by atoms with Crippen LogP contribution >= 0.6 is 27.5 Å². The first-order valence-corrected chi connectivity index (χ1v) is 8.11. The summed E-state index contributed by atoms with van der Waals surface area (Å²) in [6, 6.07) is 13.2. The Balaban J connectivity index is 1.73. The molecule has 0 saturated carbocycles. The van der Waals surface area contributed by atoms with Crippen molar-refractivity contribution >= 4 is 33.2 Å². The summed E-state index contributed by atoms with van der Waals surface area (Å²) in [7, 11) is 1.64. The van der Waals surface area contributed by atoms with Gasteiger partial charge in [-0.1, -0.05) is 23.7 Å². The Labute approximate surface area is 147 Å². The maximum atomic E-state index is 6.00. The summed E-state index contributed by atoms with van der Waals surface area (Å²) in [5.74, 6) is 2.06. The lowest BCUT2D eigenvalue weighted by molar-refractivity contribution is 0.415. The molecular formula is C17H14BrClN2O2. The number of hydrogen-bond acceptors (Lipinski definition) is 4. The van der Waals surface area contributed by atoms with Crippen molar-refractivity contribution in [2.45, 2.75) is 6.54 Å². The van der Waals surface area contributed by atoms with Crippen LogP contribution < -0.4 is 10.1 Å². The number of nitrogens with zero attached hydrogens (tertiary/aromatic N) is 1. The van der Waals surface area contributed by atoms with Gasteiger partial charge in [0.1, 0.15) is 5.75 Å². The normalized spacial score (nSPS) is 10.6. The van der Waals surface area contributed by atoms with Crippen LogP contribution in [0, 0.1) is 0 Å². The first-order chi connectivity index (χ1) is 11.2. The van der Waals surface area contributed by atoms with Crippen molar-refractivity contribution in [3.63, 3.8) is 0 Å². The predicted molar refractivity (Wildman–Crippen MR) is 95.0 cm³/mol.